The van der Waals surface area contributed by atoms with Crippen LogP contribution in [-0.2, 0) is 4.79 Å². The van der Waals surface area contributed by atoms with Crippen molar-refractivity contribution < 1.29 is 9.59 Å². The van der Waals surface area contributed by atoms with Gasteiger partial charge in [-0.15, -0.1) is 11.3 Å². The van der Waals surface area contributed by atoms with Crippen molar-refractivity contribution in [3.8, 4) is 0 Å². The van der Waals surface area contributed by atoms with Crippen LogP contribution in [0.15, 0.2) is 47.9 Å². The van der Waals surface area contributed by atoms with Gasteiger partial charge in [0, 0.05) is 23.1 Å². The number of benzene rings is 1. The Morgan fingerprint density at radius 3 is 2.50 bits per heavy atom. The predicted molar refractivity (Wildman–Crippen MR) is 97.8 cm³/mol. The first-order valence-electron chi connectivity index (χ1n) is 7.53. The lowest BCUT2D eigenvalue weighted by atomic mass is 10.1. The summed E-state index contributed by atoms with van der Waals surface area (Å²) in [4.78, 5) is 26.3. The third-order valence-corrected chi connectivity index (χ3v) is 4.56. The number of nitrogens with zero attached hydrogens (tertiary/aromatic N) is 1. The van der Waals surface area contributed by atoms with Gasteiger partial charge in [-0.25, -0.2) is 0 Å². The number of nitrogens with one attached hydrogen (secondary N) is 1. The predicted octanol–water partition coefficient (Wildman–Crippen LogP) is 2.28. The van der Waals surface area contributed by atoms with E-state index in [1.807, 2.05) is 25.5 Å². The Morgan fingerprint density at radius 2 is 1.96 bits per heavy atom. The van der Waals surface area contributed by atoms with E-state index < -0.39 is 5.91 Å². The standard InChI is InChI=1S/C18H21N3O2S/c1-21(2)15(16-4-3-11-24-16)12-20-17(22)10-7-13-5-8-14(9-6-13)18(19)23/h3-11,15H,12H2,1-2H3,(H2,19,23)(H,20,22)/b10-7+. The molecule has 1 aromatic carbocycles. The van der Waals surface area contributed by atoms with E-state index in [4.69, 9.17) is 5.73 Å². The maximum Gasteiger partial charge on any atom is 0.248 e. The molecular formula is C18H21N3O2S. The molecule has 0 saturated carbocycles. The number of carbonyl (C=O) groups excluding carboxylic acids is 2. The van der Waals surface area contributed by atoms with Crippen molar-refractivity contribution in [1.82, 2.24) is 10.2 Å². The molecule has 6 heteroatoms. The maximum atomic E-state index is 12.0. The molecule has 1 aromatic heterocycles. The van der Waals surface area contributed by atoms with E-state index in [-0.39, 0.29) is 11.9 Å². The van der Waals surface area contributed by atoms with Crippen molar-refractivity contribution in [2.24, 2.45) is 5.73 Å². The fraction of sp³-hybridized carbons (Fsp3) is 0.222. The Morgan fingerprint density at radius 1 is 1.25 bits per heavy atom. The Labute approximate surface area is 145 Å². The number of primary amides is 1. The highest BCUT2D eigenvalue weighted by Gasteiger charge is 2.15. The van der Waals surface area contributed by atoms with Gasteiger partial charge in [0.15, 0.2) is 0 Å². The topological polar surface area (TPSA) is 75.4 Å². The van der Waals surface area contributed by atoms with Crippen LogP contribution in [0.4, 0.5) is 0 Å². The second-order valence-electron chi connectivity index (χ2n) is 5.56. The zero-order chi connectivity index (χ0) is 17.5. The molecule has 2 amide bonds. The van der Waals surface area contributed by atoms with Crippen LogP contribution in [0.5, 0.6) is 0 Å². The summed E-state index contributed by atoms with van der Waals surface area (Å²) in [7, 11) is 3.99. The molecular weight excluding hydrogens is 322 g/mol. The van der Waals surface area contributed by atoms with Crippen molar-refractivity contribution in [3.05, 3.63) is 63.9 Å². The first-order chi connectivity index (χ1) is 11.5. The molecule has 2 rings (SSSR count). The highest BCUT2D eigenvalue weighted by Crippen LogP contribution is 2.22. The second kappa shape index (κ2) is 8.42. The molecule has 0 fully saturated rings. The number of carbonyl (C=O) groups is 2. The zero-order valence-electron chi connectivity index (χ0n) is 13.7. The highest BCUT2D eigenvalue weighted by molar-refractivity contribution is 7.10. The van der Waals surface area contributed by atoms with Crippen LogP contribution in [0.1, 0.15) is 26.8 Å². The largest absolute Gasteiger partial charge is 0.366 e. The summed E-state index contributed by atoms with van der Waals surface area (Å²) in [5.74, 6) is -0.621. The number of thiophene rings is 1. The van der Waals surface area contributed by atoms with Crippen molar-refractivity contribution >= 4 is 29.2 Å². The molecule has 0 saturated heterocycles. The third kappa shape index (κ3) is 5.04. The summed E-state index contributed by atoms with van der Waals surface area (Å²) >= 11 is 1.68. The van der Waals surface area contributed by atoms with E-state index in [0.29, 0.717) is 12.1 Å². The van der Waals surface area contributed by atoms with Gasteiger partial charge < -0.3 is 16.0 Å². The summed E-state index contributed by atoms with van der Waals surface area (Å²) < 4.78 is 0. The van der Waals surface area contributed by atoms with Crippen molar-refractivity contribution in [3.63, 3.8) is 0 Å². The average Bonchev–Trinajstić information content (AvgIpc) is 3.07. The first-order valence-corrected chi connectivity index (χ1v) is 8.41. The molecule has 0 aliphatic carbocycles. The van der Waals surface area contributed by atoms with Crippen LogP contribution in [0, 0.1) is 0 Å². The molecule has 1 unspecified atom stereocenters. The summed E-state index contributed by atoms with van der Waals surface area (Å²) in [6.07, 6.45) is 3.19. The third-order valence-electron chi connectivity index (χ3n) is 3.59. The van der Waals surface area contributed by atoms with Gasteiger partial charge in [0.1, 0.15) is 0 Å². The van der Waals surface area contributed by atoms with Gasteiger partial charge in [-0.05, 0) is 49.3 Å². The Kier molecular flexibility index (Phi) is 6.28. The minimum atomic E-state index is -0.466. The van der Waals surface area contributed by atoms with Crippen LogP contribution < -0.4 is 11.1 Å². The normalized spacial score (nSPS) is 12.5. The Balaban J connectivity index is 1.91. The number of rotatable bonds is 7. The van der Waals surface area contributed by atoms with Crippen LogP contribution in [-0.4, -0.2) is 37.4 Å². The molecule has 1 atom stereocenters. The lowest BCUT2D eigenvalue weighted by molar-refractivity contribution is -0.116. The van der Waals surface area contributed by atoms with Crippen molar-refractivity contribution in [2.45, 2.75) is 6.04 Å². The van der Waals surface area contributed by atoms with Gasteiger partial charge in [-0.2, -0.15) is 0 Å². The molecule has 3 N–H and O–H groups in total. The van der Waals surface area contributed by atoms with Gasteiger partial charge in [0.25, 0.3) is 0 Å². The summed E-state index contributed by atoms with van der Waals surface area (Å²) in [5, 5.41) is 4.95. The molecule has 2 aromatic rings. The van der Waals surface area contributed by atoms with Crippen molar-refractivity contribution in [1.29, 1.82) is 0 Å². The number of hydrogen-bond acceptors (Lipinski definition) is 4. The first kappa shape index (κ1) is 17.9. The molecule has 0 aliphatic heterocycles. The zero-order valence-corrected chi connectivity index (χ0v) is 14.5. The monoisotopic (exact) mass is 343 g/mol. The van der Waals surface area contributed by atoms with Crippen LogP contribution in [0.25, 0.3) is 6.08 Å². The minimum Gasteiger partial charge on any atom is -0.366 e. The smallest absolute Gasteiger partial charge is 0.248 e. The summed E-state index contributed by atoms with van der Waals surface area (Å²) in [5.41, 5.74) is 6.47. The Hall–Kier alpha value is -2.44. The van der Waals surface area contributed by atoms with Gasteiger partial charge in [-0.1, -0.05) is 18.2 Å². The fourth-order valence-corrected chi connectivity index (χ4v) is 3.13. The van der Waals surface area contributed by atoms with E-state index >= 15 is 0 Å². The van der Waals surface area contributed by atoms with Gasteiger partial charge in [0.2, 0.25) is 11.8 Å². The van der Waals surface area contributed by atoms with E-state index in [0.717, 1.165) is 5.56 Å². The maximum absolute atomic E-state index is 12.0. The van der Waals surface area contributed by atoms with E-state index in [1.165, 1.54) is 11.0 Å². The lowest BCUT2D eigenvalue weighted by Gasteiger charge is -2.23. The highest BCUT2D eigenvalue weighted by atomic mass is 32.1. The molecule has 5 nitrogen and oxygen atoms in total. The number of nitrogens with two attached hydrogens (primary N) is 1. The summed E-state index contributed by atoms with van der Waals surface area (Å²) in [6.45, 7) is 0.539. The molecule has 0 bridgehead atoms. The molecule has 1 heterocycles. The Bertz CT molecular complexity index is 706. The van der Waals surface area contributed by atoms with E-state index in [2.05, 4.69) is 16.3 Å². The number of likely N-dealkylation sites (N-methyl/N-ethyl adjacent to an activating group) is 1. The van der Waals surface area contributed by atoms with Crippen LogP contribution >= 0.6 is 11.3 Å². The van der Waals surface area contributed by atoms with Crippen LogP contribution in [0.2, 0.25) is 0 Å². The quantitative estimate of drug-likeness (QED) is 0.757. The van der Waals surface area contributed by atoms with E-state index in [9.17, 15) is 9.59 Å². The van der Waals surface area contributed by atoms with Crippen molar-refractivity contribution in [2.75, 3.05) is 20.6 Å². The van der Waals surface area contributed by atoms with Gasteiger partial charge in [0.05, 0.1) is 6.04 Å². The molecule has 0 spiro atoms. The molecule has 0 radical (unpaired) electrons. The van der Waals surface area contributed by atoms with Crippen LogP contribution in [0.3, 0.4) is 0 Å². The second-order valence-corrected chi connectivity index (χ2v) is 6.54. The summed E-state index contributed by atoms with van der Waals surface area (Å²) in [6, 6.07) is 11.0. The lowest BCUT2D eigenvalue weighted by Crippen LogP contribution is -2.33. The SMILES string of the molecule is CN(C)C(CNC(=O)/C=C/c1ccc(C(N)=O)cc1)c1cccs1. The average molecular weight is 343 g/mol. The van der Waals surface area contributed by atoms with Gasteiger partial charge in [-0.3, -0.25) is 9.59 Å². The van der Waals surface area contributed by atoms with E-state index in [1.54, 1.807) is 41.7 Å². The fourth-order valence-electron chi connectivity index (χ4n) is 2.21. The molecule has 126 valence electrons. The number of amides is 2. The van der Waals surface area contributed by atoms with Gasteiger partial charge >= 0.3 is 0 Å². The minimum absolute atomic E-state index is 0.150. The molecule has 0 aliphatic rings. The molecule has 24 heavy (non-hydrogen) atoms. The number of hydrogen-bond donors (Lipinski definition) is 2.